The van der Waals surface area contributed by atoms with Crippen molar-refractivity contribution in [3.63, 3.8) is 0 Å². The molecule has 0 aliphatic heterocycles. The van der Waals surface area contributed by atoms with E-state index in [4.69, 9.17) is 5.53 Å². The Hall–Kier alpha value is -0.690. The minimum atomic E-state index is 0.547. The second-order valence-electron chi connectivity index (χ2n) is 2.31. The van der Waals surface area contributed by atoms with Crippen LogP contribution < -0.4 is 0 Å². The molecule has 0 heterocycles. The molecule has 0 N–H and O–H groups in total. The molecule has 0 aliphatic rings. The van der Waals surface area contributed by atoms with Crippen LogP contribution in [0.2, 0.25) is 0 Å². The molecule has 0 saturated carbocycles. The van der Waals surface area contributed by atoms with Crippen LogP contribution in [0.15, 0.2) is 5.11 Å². The van der Waals surface area contributed by atoms with E-state index in [1.807, 2.05) is 0 Å². The first kappa shape index (κ1) is 8.31. The largest absolute Gasteiger partial charge is 0.0937 e. The molecule has 1 unspecified atom stereocenters. The molecular weight excluding hydrogens is 114 g/mol. The Labute approximate surface area is 55.7 Å². The highest BCUT2D eigenvalue weighted by Crippen LogP contribution is 2.04. The molecule has 0 amide bonds. The van der Waals surface area contributed by atoms with Crippen molar-refractivity contribution in [2.75, 3.05) is 6.54 Å². The fourth-order valence-corrected chi connectivity index (χ4v) is 0.760. The van der Waals surface area contributed by atoms with E-state index in [-0.39, 0.29) is 0 Å². The van der Waals surface area contributed by atoms with Crippen LogP contribution in [0.3, 0.4) is 0 Å². The van der Waals surface area contributed by atoms with Gasteiger partial charge in [0.25, 0.3) is 0 Å². The summed E-state index contributed by atoms with van der Waals surface area (Å²) in [5.41, 5.74) is 7.94. The predicted octanol–water partition coefficient (Wildman–Crippen LogP) is 2.73. The lowest BCUT2D eigenvalue weighted by Crippen LogP contribution is -1.96. The summed E-state index contributed by atoms with van der Waals surface area (Å²) in [6.45, 7) is 4.87. The summed E-state index contributed by atoms with van der Waals surface area (Å²) >= 11 is 0. The van der Waals surface area contributed by atoms with Gasteiger partial charge in [-0.1, -0.05) is 31.8 Å². The van der Waals surface area contributed by atoms with Gasteiger partial charge in [-0.15, -0.1) is 0 Å². The molecular formula is C6H13N3. The topological polar surface area (TPSA) is 48.8 Å². The molecule has 0 fully saturated rings. The summed E-state index contributed by atoms with van der Waals surface area (Å²) in [6, 6.07) is 0. The van der Waals surface area contributed by atoms with E-state index in [1.165, 1.54) is 6.42 Å². The third-order valence-electron chi connectivity index (χ3n) is 1.24. The van der Waals surface area contributed by atoms with Crippen molar-refractivity contribution < 1.29 is 0 Å². The lowest BCUT2D eigenvalue weighted by Gasteiger charge is -2.02. The molecule has 0 aliphatic carbocycles. The summed E-state index contributed by atoms with van der Waals surface area (Å²) in [7, 11) is 0. The monoisotopic (exact) mass is 127 g/mol. The maximum absolute atomic E-state index is 7.94. The van der Waals surface area contributed by atoms with Gasteiger partial charge in [-0.2, -0.15) is 0 Å². The first-order valence-electron chi connectivity index (χ1n) is 3.32. The summed E-state index contributed by atoms with van der Waals surface area (Å²) in [5.74, 6) is 0.547. The smallest absolute Gasteiger partial charge is 0.0283 e. The van der Waals surface area contributed by atoms with Gasteiger partial charge >= 0.3 is 0 Å². The van der Waals surface area contributed by atoms with E-state index in [0.29, 0.717) is 12.5 Å². The highest BCUT2D eigenvalue weighted by molar-refractivity contribution is 4.55. The maximum atomic E-state index is 7.94. The lowest BCUT2D eigenvalue weighted by molar-refractivity contribution is 0.535. The molecule has 1 atom stereocenters. The van der Waals surface area contributed by atoms with Gasteiger partial charge < -0.3 is 0 Å². The Morgan fingerprint density at radius 3 is 2.78 bits per heavy atom. The Morgan fingerprint density at radius 1 is 1.67 bits per heavy atom. The third kappa shape index (κ3) is 5.18. The molecule has 0 rings (SSSR count). The quantitative estimate of drug-likeness (QED) is 0.317. The van der Waals surface area contributed by atoms with E-state index in [0.717, 1.165) is 6.42 Å². The van der Waals surface area contributed by atoms with Gasteiger partial charge in [0.05, 0.1) is 0 Å². The number of azide groups is 1. The third-order valence-corrected chi connectivity index (χ3v) is 1.24. The standard InChI is InChI=1S/C6H13N3/c1-3-4-6(2)5-8-9-7/h6H,3-5H2,1-2H3. The van der Waals surface area contributed by atoms with Crippen LogP contribution >= 0.6 is 0 Å². The SMILES string of the molecule is CCCC(C)CN=[N+]=[N-]. The summed E-state index contributed by atoms with van der Waals surface area (Å²) in [6.07, 6.45) is 2.32. The van der Waals surface area contributed by atoms with Crippen LogP contribution in [0, 0.1) is 5.92 Å². The summed E-state index contributed by atoms with van der Waals surface area (Å²) in [5, 5.41) is 3.47. The van der Waals surface area contributed by atoms with E-state index in [9.17, 15) is 0 Å². The zero-order valence-electron chi connectivity index (χ0n) is 6.04. The van der Waals surface area contributed by atoms with Gasteiger partial charge in [0.15, 0.2) is 0 Å². The molecule has 0 aromatic carbocycles. The van der Waals surface area contributed by atoms with Crippen molar-refractivity contribution in [1.29, 1.82) is 0 Å². The molecule has 0 saturated heterocycles. The fourth-order valence-electron chi connectivity index (χ4n) is 0.760. The molecule has 52 valence electrons. The minimum absolute atomic E-state index is 0.547. The number of hydrogen-bond acceptors (Lipinski definition) is 1. The normalized spacial score (nSPS) is 12.2. The summed E-state index contributed by atoms with van der Waals surface area (Å²) in [4.78, 5) is 2.68. The highest BCUT2D eigenvalue weighted by atomic mass is 15.1. The van der Waals surface area contributed by atoms with Crippen LogP contribution in [0.4, 0.5) is 0 Å². The van der Waals surface area contributed by atoms with Gasteiger partial charge in [0, 0.05) is 11.5 Å². The second-order valence-corrected chi connectivity index (χ2v) is 2.31. The van der Waals surface area contributed by atoms with Crippen LogP contribution in [0.25, 0.3) is 10.4 Å². The zero-order valence-corrected chi connectivity index (χ0v) is 6.04. The average Bonchev–Trinajstić information content (AvgIpc) is 1.85. The van der Waals surface area contributed by atoms with E-state index in [1.54, 1.807) is 0 Å². The minimum Gasteiger partial charge on any atom is -0.0937 e. The first-order valence-corrected chi connectivity index (χ1v) is 3.32. The van der Waals surface area contributed by atoms with Crippen molar-refractivity contribution >= 4 is 0 Å². The Morgan fingerprint density at radius 2 is 2.33 bits per heavy atom. The molecule has 3 nitrogen and oxygen atoms in total. The van der Waals surface area contributed by atoms with Gasteiger partial charge in [0.1, 0.15) is 0 Å². The van der Waals surface area contributed by atoms with E-state index >= 15 is 0 Å². The van der Waals surface area contributed by atoms with Crippen molar-refractivity contribution in [3.05, 3.63) is 10.4 Å². The zero-order chi connectivity index (χ0) is 7.11. The molecule has 9 heavy (non-hydrogen) atoms. The molecule has 0 bridgehead atoms. The number of hydrogen-bond donors (Lipinski definition) is 0. The first-order chi connectivity index (χ1) is 4.31. The molecule has 0 radical (unpaired) electrons. The van der Waals surface area contributed by atoms with Gasteiger partial charge in [-0.25, -0.2) is 0 Å². The van der Waals surface area contributed by atoms with Crippen molar-refractivity contribution in [1.82, 2.24) is 0 Å². The average molecular weight is 127 g/mol. The summed E-state index contributed by atoms with van der Waals surface area (Å²) < 4.78 is 0. The van der Waals surface area contributed by atoms with Crippen LogP contribution in [0.1, 0.15) is 26.7 Å². The van der Waals surface area contributed by atoms with E-state index in [2.05, 4.69) is 23.9 Å². The Balaban J connectivity index is 3.25. The van der Waals surface area contributed by atoms with Gasteiger partial charge in [0.2, 0.25) is 0 Å². The van der Waals surface area contributed by atoms with Crippen molar-refractivity contribution in [2.45, 2.75) is 26.7 Å². The molecule has 0 spiro atoms. The predicted molar refractivity (Wildman–Crippen MR) is 38.1 cm³/mol. The molecule has 0 aromatic rings. The lowest BCUT2D eigenvalue weighted by atomic mass is 10.1. The van der Waals surface area contributed by atoms with Crippen molar-refractivity contribution in [3.8, 4) is 0 Å². The van der Waals surface area contributed by atoms with Crippen LogP contribution in [0.5, 0.6) is 0 Å². The second kappa shape index (κ2) is 5.45. The van der Waals surface area contributed by atoms with Crippen molar-refractivity contribution in [2.24, 2.45) is 11.0 Å². The van der Waals surface area contributed by atoms with Gasteiger partial charge in [-0.05, 0) is 11.4 Å². The molecule has 3 heteroatoms. The van der Waals surface area contributed by atoms with E-state index < -0.39 is 0 Å². The molecule has 0 aromatic heterocycles. The number of rotatable bonds is 4. The maximum Gasteiger partial charge on any atom is 0.0283 e. The van der Waals surface area contributed by atoms with Crippen LogP contribution in [-0.2, 0) is 0 Å². The van der Waals surface area contributed by atoms with Gasteiger partial charge in [-0.3, -0.25) is 0 Å². The number of nitrogens with zero attached hydrogens (tertiary/aromatic N) is 3. The Kier molecular flexibility index (Phi) is 5.03. The Bertz CT molecular complexity index is 105. The highest BCUT2D eigenvalue weighted by Gasteiger charge is 1.95. The fraction of sp³-hybridized carbons (Fsp3) is 1.00. The van der Waals surface area contributed by atoms with Crippen LogP contribution in [-0.4, -0.2) is 6.54 Å².